The molecule has 182 valence electrons. The summed E-state index contributed by atoms with van der Waals surface area (Å²) in [5, 5.41) is 8.73. The Kier molecular flexibility index (Phi) is 7.47. The average molecular weight is 466 g/mol. The average Bonchev–Trinajstić information content (AvgIpc) is 2.77. The van der Waals surface area contributed by atoms with E-state index in [-0.39, 0.29) is 6.10 Å². The summed E-state index contributed by atoms with van der Waals surface area (Å²) in [7, 11) is 1.72. The van der Waals surface area contributed by atoms with E-state index in [4.69, 9.17) is 19.3 Å². The van der Waals surface area contributed by atoms with Crippen molar-refractivity contribution in [1.82, 2.24) is 4.90 Å². The van der Waals surface area contributed by atoms with Crippen molar-refractivity contribution in [3.63, 3.8) is 0 Å². The van der Waals surface area contributed by atoms with Crippen molar-refractivity contribution in [2.75, 3.05) is 26.7 Å². The van der Waals surface area contributed by atoms with Crippen LogP contribution in [0.15, 0.2) is 42.0 Å². The van der Waals surface area contributed by atoms with Crippen LogP contribution >= 0.6 is 0 Å². The molecule has 0 saturated carbocycles. The third-order valence-corrected chi connectivity index (χ3v) is 6.70. The van der Waals surface area contributed by atoms with Gasteiger partial charge < -0.3 is 19.3 Å². The van der Waals surface area contributed by atoms with Crippen LogP contribution in [-0.4, -0.2) is 49.0 Å². The Hall–Kier alpha value is -2.99. The molecule has 0 radical (unpaired) electrons. The Morgan fingerprint density at radius 3 is 2.65 bits per heavy atom. The number of carbonyl (C=O) groups is 1. The molecule has 2 aromatic rings. The number of rotatable bonds is 9. The molecule has 0 atom stereocenters. The van der Waals surface area contributed by atoms with Gasteiger partial charge in [-0.05, 0) is 78.1 Å². The van der Waals surface area contributed by atoms with E-state index in [1.165, 1.54) is 27.8 Å². The van der Waals surface area contributed by atoms with Crippen LogP contribution in [0, 0.1) is 5.92 Å². The molecule has 2 aromatic carbocycles. The first kappa shape index (κ1) is 24.1. The first-order valence-electron chi connectivity index (χ1n) is 12.0. The highest BCUT2D eigenvalue weighted by atomic mass is 16.7. The van der Waals surface area contributed by atoms with Crippen LogP contribution in [0.2, 0.25) is 0 Å². The highest BCUT2D eigenvalue weighted by Crippen LogP contribution is 2.34. The molecule has 34 heavy (non-hydrogen) atoms. The van der Waals surface area contributed by atoms with Crippen LogP contribution in [-0.2, 0) is 24.2 Å². The van der Waals surface area contributed by atoms with E-state index in [0.29, 0.717) is 25.6 Å². The second kappa shape index (κ2) is 10.5. The zero-order chi connectivity index (χ0) is 24.2. The van der Waals surface area contributed by atoms with E-state index in [0.717, 1.165) is 42.9 Å². The second-order valence-corrected chi connectivity index (χ2v) is 9.78. The van der Waals surface area contributed by atoms with Crippen molar-refractivity contribution in [2.24, 2.45) is 5.92 Å². The maximum Gasteiger partial charge on any atom is 0.506 e. The van der Waals surface area contributed by atoms with Gasteiger partial charge in [-0.2, -0.15) is 0 Å². The first-order chi connectivity index (χ1) is 16.3. The largest absolute Gasteiger partial charge is 0.506 e. The lowest BCUT2D eigenvalue weighted by molar-refractivity contribution is -0.0292. The molecule has 0 spiro atoms. The van der Waals surface area contributed by atoms with E-state index in [1.807, 2.05) is 0 Å². The number of nitrogens with zero attached hydrogens (tertiary/aromatic N) is 1. The molecule has 0 bridgehead atoms. The molecule has 1 fully saturated rings. The van der Waals surface area contributed by atoms with E-state index < -0.39 is 6.16 Å². The highest BCUT2D eigenvalue weighted by molar-refractivity contribution is 5.72. The minimum Gasteiger partial charge on any atom is -0.496 e. The standard InChI is InChI=1S/C28H35NO5/c1-18(2)11-22-6-5-20(12-27(22)32-4)17-33-24-9-10-26-19(3)23(8-7-21(26)13-24)14-29-15-25(16-29)34-28(30)31/h5-6,9-10,12-13,18,25H,7-8,11,14-17H2,1-4H3,(H,30,31). The third kappa shape index (κ3) is 5.73. The van der Waals surface area contributed by atoms with Gasteiger partial charge in [-0.1, -0.05) is 37.6 Å². The van der Waals surface area contributed by atoms with E-state index in [2.05, 4.69) is 62.1 Å². The molecule has 0 aromatic heterocycles. The van der Waals surface area contributed by atoms with Crippen molar-refractivity contribution >= 4 is 11.7 Å². The van der Waals surface area contributed by atoms with Gasteiger partial charge >= 0.3 is 6.16 Å². The smallest absolute Gasteiger partial charge is 0.496 e. The van der Waals surface area contributed by atoms with Crippen LogP contribution in [0.4, 0.5) is 4.79 Å². The number of fused-ring (bicyclic) bond motifs is 1. The van der Waals surface area contributed by atoms with Crippen LogP contribution in [0.25, 0.3) is 5.57 Å². The van der Waals surface area contributed by atoms with Gasteiger partial charge in [-0.3, -0.25) is 4.90 Å². The molecule has 1 aliphatic heterocycles. The number of hydrogen-bond acceptors (Lipinski definition) is 5. The summed E-state index contributed by atoms with van der Waals surface area (Å²) in [6, 6.07) is 12.7. The first-order valence-corrected chi connectivity index (χ1v) is 12.0. The topological polar surface area (TPSA) is 68.2 Å². The SMILES string of the molecule is COc1cc(COc2ccc3c(c2)CCC(CN2CC(OC(=O)O)C2)=C3C)ccc1CC(C)C. The predicted octanol–water partition coefficient (Wildman–Crippen LogP) is 5.57. The fraction of sp³-hybridized carbons (Fsp3) is 0.464. The van der Waals surface area contributed by atoms with Gasteiger partial charge in [-0.25, -0.2) is 4.79 Å². The van der Waals surface area contributed by atoms with Crippen molar-refractivity contribution in [1.29, 1.82) is 0 Å². The number of likely N-dealkylation sites (tertiary alicyclic amines) is 1. The molecule has 0 amide bonds. The van der Waals surface area contributed by atoms with Crippen LogP contribution in [0.1, 0.15) is 49.4 Å². The maximum absolute atomic E-state index is 10.7. The van der Waals surface area contributed by atoms with E-state index in [9.17, 15) is 4.79 Å². The number of methoxy groups -OCH3 is 1. The van der Waals surface area contributed by atoms with Crippen LogP contribution < -0.4 is 9.47 Å². The summed E-state index contributed by atoms with van der Waals surface area (Å²) in [6.45, 7) is 9.33. The Morgan fingerprint density at radius 2 is 1.94 bits per heavy atom. The fourth-order valence-electron chi connectivity index (χ4n) is 4.89. The zero-order valence-electron chi connectivity index (χ0n) is 20.6. The number of carboxylic acid groups (broad SMARTS) is 1. The third-order valence-electron chi connectivity index (χ3n) is 6.70. The number of aryl methyl sites for hydroxylation is 1. The summed E-state index contributed by atoms with van der Waals surface area (Å²) in [4.78, 5) is 12.9. The van der Waals surface area contributed by atoms with E-state index in [1.54, 1.807) is 7.11 Å². The molecule has 0 unspecified atom stereocenters. The maximum atomic E-state index is 10.7. The Balaban J connectivity index is 1.37. The van der Waals surface area contributed by atoms with Crippen molar-refractivity contribution < 1.29 is 24.1 Å². The molecular formula is C28H35NO5. The van der Waals surface area contributed by atoms with Gasteiger partial charge in [0.15, 0.2) is 0 Å². The number of ether oxygens (including phenoxy) is 3. The van der Waals surface area contributed by atoms with Gasteiger partial charge in [-0.15, -0.1) is 0 Å². The van der Waals surface area contributed by atoms with Gasteiger partial charge in [0.25, 0.3) is 0 Å². The Morgan fingerprint density at radius 1 is 1.15 bits per heavy atom. The minimum atomic E-state index is -1.19. The number of hydrogen-bond donors (Lipinski definition) is 1. The van der Waals surface area contributed by atoms with Crippen LogP contribution in [0.5, 0.6) is 11.5 Å². The molecule has 1 heterocycles. The molecule has 1 aliphatic carbocycles. The lowest BCUT2D eigenvalue weighted by Gasteiger charge is -2.39. The number of allylic oxidation sites excluding steroid dienone is 1. The summed E-state index contributed by atoms with van der Waals surface area (Å²) >= 11 is 0. The Bertz CT molecular complexity index is 1070. The normalized spacial score (nSPS) is 16.3. The molecule has 6 heteroatoms. The minimum absolute atomic E-state index is 0.194. The lowest BCUT2D eigenvalue weighted by atomic mass is 9.85. The van der Waals surface area contributed by atoms with Crippen molar-refractivity contribution in [2.45, 2.75) is 52.7 Å². The molecule has 1 N–H and O–H groups in total. The predicted molar refractivity (Wildman–Crippen MR) is 133 cm³/mol. The summed E-state index contributed by atoms with van der Waals surface area (Å²) in [6.07, 6.45) is 1.61. The zero-order valence-corrected chi connectivity index (χ0v) is 20.6. The van der Waals surface area contributed by atoms with Gasteiger partial charge in [0, 0.05) is 19.6 Å². The molecule has 6 nitrogen and oxygen atoms in total. The van der Waals surface area contributed by atoms with Crippen molar-refractivity contribution in [3.8, 4) is 11.5 Å². The fourth-order valence-corrected chi connectivity index (χ4v) is 4.89. The summed E-state index contributed by atoms with van der Waals surface area (Å²) in [5.74, 6) is 2.39. The van der Waals surface area contributed by atoms with Crippen molar-refractivity contribution in [3.05, 3.63) is 64.2 Å². The second-order valence-electron chi connectivity index (χ2n) is 9.78. The lowest BCUT2D eigenvalue weighted by Crippen LogP contribution is -2.53. The Labute approximate surface area is 202 Å². The summed E-state index contributed by atoms with van der Waals surface area (Å²) < 4.78 is 16.6. The van der Waals surface area contributed by atoms with Gasteiger partial charge in [0.05, 0.1) is 7.11 Å². The number of benzene rings is 2. The molecule has 2 aliphatic rings. The monoisotopic (exact) mass is 465 g/mol. The molecule has 1 saturated heterocycles. The summed E-state index contributed by atoms with van der Waals surface area (Å²) in [5.41, 5.74) is 7.67. The van der Waals surface area contributed by atoms with Gasteiger partial charge in [0.2, 0.25) is 0 Å². The van der Waals surface area contributed by atoms with Gasteiger partial charge in [0.1, 0.15) is 24.2 Å². The van der Waals surface area contributed by atoms with Crippen LogP contribution in [0.3, 0.4) is 0 Å². The quantitative estimate of drug-likeness (QED) is 0.488. The molecule has 4 rings (SSSR count). The molecular weight excluding hydrogens is 430 g/mol. The highest BCUT2D eigenvalue weighted by Gasteiger charge is 2.31. The van der Waals surface area contributed by atoms with E-state index >= 15 is 0 Å².